The second-order valence-electron chi connectivity index (χ2n) is 9.38. The third-order valence-corrected chi connectivity index (χ3v) is 6.01. The Labute approximate surface area is 226 Å². The van der Waals surface area contributed by atoms with Crippen LogP contribution < -0.4 is 4.90 Å². The lowest BCUT2D eigenvalue weighted by Crippen LogP contribution is -2.50. The van der Waals surface area contributed by atoms with Crippen LogP contribution >= 0.6 is 0 Å². The first-order valence-corrected chi connectivity index (χ1v) is 12.1. The highest BCUT2D eigenvalue weighted by Crippen LogP contribution is 2.35. The van der Waals surface area contributed by atoms with Crippen LogP contribution in [0.3, 0.4) is 0 Å². The summed E-state index contributed by atoms with van der Waals surface area (Å²) in [6.45, 7) is 8.81. The highest BCUT2D eigenvalue weighted by Gasteiger charge is 2.40. The Morgan fingerprint density at radius 2 is 1.65 bits per heavy atom. The molecule has 2 aromatic heterocycles. The predicted octanol–water partition coefficient (Wildman–Crippen LogP) is 4.17. The van der Waals surface area contributed by atoms with Gasteiger partial charge >= 0.3 is 24.3 Å². The van der Waals surface area contributed by atoms with E-state index in [2.05, 4.69) is 46.0 Å². The molecule has 1 spiro atoms. The van der Waals surface area contributed by atoms with Crippen LogP contribution in [0, 0.1) is 12.3 Å². The fourth-order valence-corrected chi connectivity index (χ4v) is 4.36. The minimum Gasteiger partial charge on any atom is -0.475 e. The summed E-state index contributed by atoms with van der Waals surface area (Å²) in [7, 11) is 0. The number of piperidine rings is 1. The van der Waals surface area contributed by atoms with Crippen molar-refractivity contribution in [3.05, 3.63) is 54.1 Å². The molecule has 0 aromatic carbocycles. The van der Waals surface area contributed by atoms with E-state index >= 15 is 0 Å². The monoisotopic (exact) mass is 580 g/mol. The molecule has 2 fully saturated rings. The van der Waals surface area contributed by atoms with Crippen molar-refractivity contribution < 1.29 is 50.9 Å². The highest BCUT2D eigenvalue weighted by molar-refractivity contribution is 5.73. The molecule has 2 N–H and O–H groups in total. The van der Waals surface area contributed by atoms with Gasteiger partial charge in [-0.1, -0.05) is 6.07 Å². The summed E-state index contributed by atoms with van der Waals surface area (Å²) in [5, 5.41) is 14.2. The zero-order valence-corrected chi connectivity index (χ0v) is 21.6. The second kappa shape index (κ2) is 14.3. The maximum Gasteiger partial charge on any atom is 0.490 e. The van der Waals surface area contributed by atoms with E-state index in [1.165, 1.54) is 24.2 Å². The Hall–Kier alpha value is -3.46. The van der Waals surface area contributed by atoms with Gasteiger partial charge in [-0.15, -0.1) is 0 Å². The molecule has 0 amide bonds. The summed E-state index contributed by atoms with van der Waals surface area (Å²) in [5.41, 5.74) is 3.65. The average molecular weight is 581 g/mol. The lowest BCUT2D eigenvalue weighted by atomic mass is 9.80. The quantitative estimate of drug-likeness (QED) is 0.516. The van der Waals surface area contributed by atoms with Gasteiger partial charge in [0.05, 0.1) is 30.8 Å². The van der Waals surface area contributed by atoms with Gasteiger partial charge in [0.15, 0.2) is 0 Å². The van der Waals surface area contributed by atoms with Gasteiger partial charge in [-0.25, -0.2) is 9.59 Å². The Morgan fingerprint density at radius 3 is 2.20 bits per heavy atom. The number of ether oxygens (including phenoxy) is 1. The molecule has 9 nitrogen and oxygen atoms in total. The third kappa shape index (κ3) is 11.0. The van der Waals surface area contributed by atoms with Crippen molar-refractivity contribution in [1.82, 2.24) is 14.9 Å². The van der Waals surface area contributed by atoms with E-state index in [0.717, 1.165) is 51.6 Å². The number of aryl methyl sites for hydroxylation is 1. The number of rotatable bonds is 3. The van der Waals surface area contributed by atoms with Crippen LogP contribution in [0.15, 0.2) is 42.7 Å². The van der Waals surface area contributed by atoms with Crippen molar-refractivity contribution in [1.29, 1.82) is 0 Å². The molecule has 0 radical (unpaired) electrons. The van der Waals surface area contributed by atoms with Crippen LogP contribution in [0.25, 0.3) is 0 Å². The summed E-state index contributed by atoms with van der Waals surface area (Å²) in [5.74, 6) is -5.51. The number of halogens is 6. The molecule has 2 saturated heterocycles. The zero-order valence-electron chi connectivity index (χ0n) is 21.6. The fraction of sp³-hybridized carbons (Fsp3) is 0.520. The minimum atomic E-state index is -5.08. The van der Waals surface area contributed by atoms with Gasteiger partial charge in [0.2, 0.25) is 0 Å². The van der Waals surface area contributed by atoms with Crippen molar-refractivity contribution in [2.75, 3.05) is 44.3 Å². The van der Waals surface area contributed by atoms with Crippen LogP contribution in [0.2, 0.25) is 0 Å². The number of carboxylic acid groups (broad SMARTS) is 2. The summed E-state index contributed by atoms with van der Waals surface area (Å²) in [4.78, 5) is 31.8. The number of pyridine rings is 2. The van der Waals surface area contributed by atoms with Gasteiger partial charge in [-0.05, 0) is 50.6 Å². The van der Waals surface area contributed by atoms with Gasteiger partial charge in [0, 0.05) is 43.5 Å². The maximum absolute atomic E-state index is 10.6. The molecule has 222 valence electrons. The van der Waals surface area contributed by atoms with E-state index in [1.807, 2.05) is 18.5 Å². The summed E-state index contributed by atoms with van der Waals surface area (Å²) < 4.78 is 69.5. The topological polar surface area (TPSA) is 116 Å². The average Bonchev–Trinajstić information content (AvgIpc) is 3.06. The van der Waals surface area contributed by atoms with Crippen LogP contribution in [-0.2, 0) is 20.9 Å². The van der Waals surface area contributed by atoms with Crippen molar-refractivity contribution in [3.8, 4) is 0 Å². The molecule has 1 unspecified atom stereocenters. The minimum absolute atomic E-state index is 0.189. The van der Waals surface area contributed by atoms with Crippen molar-refractivity contribution in [2.45, 2.75) is 38.7 Å². The van der Waals surface area contributed by atoms with Crippen LogP contribution in [0.1, 0.15) is 24.2 Å². The number of likely N-dealkylation sites (tertiary alicyclic amines) is 1. The molecule has 4 rings (SSSR count). The van der Waals surface area contributed by atoms with E-state index in [1.54, 1.807) is 0 Å². The number of nitrogens with zero attached hydrogens (tertiary/aromatic N) is 4. The molecular weight excluding hydrogens is 550 g/mol. The molecule has 2 aliphatic rings. The Bertz CT molecular complexity index is 1080. The molecule has 2 aliphatic heterocycles. The molecule has 0 saturated carbocycles. The van der Waals surface area contributed by atoms with Gasteiger partial charge in [0.1, 0.15) is 0 Å². The Balaban J connectivity index is 0.000000333. The number of anilines is 1. The lowest BCUT2D eigenvalue weighted by molar-refractivity contribution is -0.193. The first kappa shape index (κ1) is 32.8. The first-order chi connectivity index (χ1) is 18.6. The molecule has 0 bridgehead atoms. The van der Waals surface area contributed by atoms with Gasteiger partial charge in [-0.2, -0.15) is 26.3 Å². The van der Waals surface area contributed by atoms with E-state index in [9.17, 15) is 26.3 Å². The number of carbonyl (C=O) groups is 2. The van der Waals surface area contributed by atoms with Crippen molar-refractivity contribution >= 4 is 17.6 Å². The first-order valence-electron chi connectivity index (χ1n) is 12.1. The van der Waals surface area contributed by atoms with E-state index in [-0.39, 0.29) is 5.41 Å². The number of carboxylic acids is 2. The smallest absolute Gasteiger partial charge is 0.475 e. The van der Waals surface area contributed by atoms with E-state index < -0.39 is 24.3 Å². The molecular formula is C25H30F6N4O5. The SMILES string of the molecule is Cc1cccc(CN2CCCC3(COCCN(c4cccnc4)C3)C2)n1.O=C(O)C(F)(F)F.O=C(O)C(F)(F)F. The molecule has 40 heavy (non-hydrogen) atoms. The third-order valence-electron chi connectivity index (χ3n) is 6.01. The maximum atomic E-state index is 10.6. The molecule has 2 aromatic rings. The molecule has 4 heterocycles. The second-order valence-corrected chi connectivity index (χ2v) is 9.38. The summed E-state index contributed by atoms with van der Waals surface area (Å²) in [6.07, 6.45) is -3.92. The van der Waals surface area contributed by atoms with Crippen LogP contribution in [0.5, 0.6) is 0 Å². The normalized spacial score (nSPS) is 19.9. The molecule has 1 atom stereocenters. The van der Waals surface area contributed by atoms with E-state index in [4.69, 9.17) is 29.5 Å². The predicted molar refractivity (Wildman–Crippen MR) is 131 cm³/mol. The Kier molecular flexibility index (Phi) is 11.7. The lowest BCUT2D eigenvalue weighted by Gasteiger charge is -2.44. The zero-order chi connectivity index (χ0) is 30.0. The van der Waals surface area contributed by atoms with Crippen LogP contribution in [-0.4, -0.2) is 88.8 Å². The van der Waals surface area contributed by atoms with Gasteiger partial charge < -0.3 is 19.8 Å². The molecule has 0 aliphatic carbocycles. The number of aliphatic carboxylic acids is 2. The number of aromatic nitrogens is 2. The number of hydrogen-bond acceptors (Lipinski definition) is 7. The highest BCUT2D eigenvalue weighted by atomic mass is 19.4. The van der Waals surface area contributed by atoms with Crippen molar-refractivity contribution in [2.24, 2.45) is 5.41 Å². The van der Waals surface area contributed by atoms with E-state index in [0.29, 0.717) is 0 Å². The van der Waals surface area contributed by atoms with Gasteiger partial charge in [-0.3, -0.25) is 14.9 Å². The summed E-state index contributed by atoms with van der Waals surface area (Å²) in [6, 6.07) is 10.5. The molecule has 15 heteroatoms. The largest absolute Gasteiger partial charge is 0.490 e. The van der Waals surface area contributed by atoms with Gasteiger partial charge in [0.25, 0.3) is 0 Å². The van der Waals surface area contributed by atoms with Crippen LogP contribution in [0.4, 0.5) is 32.0 Å². The Morgan fingerprint density at radius 1 is 1.00 bits per heavy atom. The van der Waals surface area contributed by atoms with Crippen molar-refractivity contribution in [3.63, 3.8) is 0 Å². The summed E-state index contributed by atoms with van der Waals surface area (Å²) >= 11 is 0. The number of alkyl halides is 6. The fourth-order valence-electron chi connectivity index (χ4n) is 4.36. The number of hydrogen-bond donors (Lipinski definition) is 2. The standard InChI is InChI=1S/C21H28N4O.2C2HF3O2/c1-18-5-2-6-19(23-18)14-24-10-4-8-21(15-24)16-25(11-12-26-17-21)20-7-3-9-22-13-20;2*3-2(4,5)1(6)7/h2-3,5-7,9,13H,4,8,10-12,14-17H2,1H3;2*(H,6,7).